The first kappa shape index (κ1) is 17.5. The Balaban J connectivity index is 2.00. The Morgan fingerprint density at radius 2 is 1.70 bits per heavy atom. The fourth-order valence-corrected chi connectivity index (χ4v) is 3.34. The van der Waals surface area contributed by atoms with Crippen LogP contribution in [-0.2, 0) is 9.59 Å². The third kappa shape index (κ3) is 4.10. The van der Waals surface area contributed by atoms with Gasteiger partial charge in [0.2, 0.25) is 11.8 Å². The van der Waals surface area contributed by atoms with E-state index in [1.807, 2.05) is 20.8 Å². The third-order valence-electron chi connectivity index (χ3n) is 4.78. The summed E-state index contributed by atoms with van der Waals surface area (Å²) in [6.45, 7) is 9.45. The monoisotopic (exact) mass is 317 g/mol. The number of piperidine rings is 1. The van der Waals surface area contributed by atoms with Crippen LogP contribution in [0.15, 0.2) is 12.1 Å². The van der Waals surface area contributed by atoms with Gasteiger partial charge in [0.05, 0.1) is 6.04 Å². The molecular weight excluding hydrogens is 290 g/mol. The number of amides is 2. The van der Waals surface area contributed by atoms with Crippen molar-refractivity contribution >= 4 is 17.5 Å². The molecule has 1 unspecified atom stereocenters. The van der Waals surface area contributed by atoms with Gasteiger partial charge in [0.25, 0.3) is 0 Å². The minimum Gasteiger partial charge on any atom is -0.369 e. The minimum atomic E-state index is -0.229. The van der Waals surface area contributed by atoms with Crippen molar-refractivity contribution in [3.05, 3.63) is 28.8 Å². The Morgan fingerprint density at radius 1 is 1.17 bits per heavy atom. The van der Waals surface area contributed by atoms with Crippen molar-refractivity contribution in [2.45, 2.75) is 46.6 Å². The first-order valence-electron chi connectivity index (χ1n) is 8.21. The van der Waals surface area contributed by atoms with Gasteiger partial charge in [-0.2, -0.15) is 0 Å². The summed E-state index contributed by atoms with van der Waals surface area (Å²) >= 11 is 0. The fourth-order valence-electron chi connectivity index (χ4n) is 3.34. The molecule has 5 heteroatoms. The van der Waals surface area contributed by atoms with Gasteiger partial charge >= 0.3 is 0 Å². The SMILES string of the molecule is Cc1cc(C)c(NC(=O)C(C)N2CCC(C(N)=O)CC2)c(C)c1. The number of nitrogens with zero attached hydrogens (tertiary/aromatic N) is 1. The average Bonchev–Trinajstić information content (AvgIpc) is 2.50. The van der Waals surface area contributed by atoms with E-state index >= 15 is 0 Å². The highest BCUT2D eigenvalue weighted by atomic mass is 16.2. The third-order valence-corrected chi connectivity index (χ3v) is 4.78. The normalized spacial score (nSPS) is 17.7. The topological polar surface area (TPSA) is 75.4 Å². The molecule has 0 bridgehead atoms. The molecule has 1 aliphatic rings. The average molecular weight is 317 g/mol. The van der Waals surface area contributed by atoms with E-state index in [-0.39, 0.29) is 23.8 Å². The van der Waals surface area contributed by atoms with Gasteiger partial charge in [-0.3, -0.25) is 14.5 Å². The number of aryl methyl sites for hydroxylation is 3. The lowest BCUT2D eigenvalue weighted by Gasteiger charge is -2.34. The molecule has 2 amide bonds. The van der Waals surface area contributed by atoms with E-state index in [9.17, 15) is 9.59 Å². The molecule has 0 saturated carbocycles. The van der Waals surface area contributed by atoms with E-state index in [4.69, 9.17) is 5.73 Å². The van der Waals surface area contributed by atoms with Crippen LogP contribution in [0.1, 0.15) is 36.5 Å². The minimum absolute atomic E-state index is 0.00224. The van der Waals surface area contributed by atoms with Crippen molar-refractivity contribution in [3.63, 3.8) is 0 Å². The van der Waals surface area contributed by atoms with Gasteiger partial charge in [-0.1, -0.05) is 17.7 Å². The van der Waals surface area contributed by atoms with E-state index in [0.29, 0.717) is 0 Å². The van der Waals surface area contributed by atoms with Gasteiger partial charge in [-0.25, -0.2) is 0 Å². The number of rotatable bonds is 4. The summed E-state index contributed by atoms with van der Waals surface area (Å²) in [4.78, 5) is 25.9. The maximum Gasteiger partial charge on any atom is 0.241 e. The Bertz CT molecular complexity index is 581. The molecule has 1 atom stereocenters. The molecule has 0 aromatic heterocycles. The molecular formula is C18H27N3O2. The Hall–Kier alpha value is -1.88. The molecule has 5 nitrogen and oxygen atoms in total. The lowest BCUT2D eigenvalue weighted by Crippen LogP contribution is -2.47. The van der Waals surface area contributed by atoms with Crippen LogP contribution >= 0.6 is 0 Å². The highest BCUT2D eigenvalue weighted by Gasteiger charge is 2.29. The molecule has 0 aliphatic carbocycles. The van der Waals surface area contributed by atoms with Crippen LogP contribution in [0, 0.1) is 26.7 Å². The van der Waals surface area contributed by atoms with Gasteiger partial charge in [-0.05, 0) is 64.8 Å². The van der Waals surface area contributed by atoms with Crippen molar-refractivity contribution in [3.8, 4) is 0 Å². The van der Waals surface area contributed by atoms with Crippen molar-refractivity contribution in [1.82, 2.24) is 4.90 Å². The molecule has 1 aromatic rings. The van der Waals surface area contributed by atoms with E-state index in [2.05, 4.69) is 29.3 Å². The fraction of sp³-hybridized carbons (Fsp3) is 0.556. The number of likely N-dealkylation sites (tertiary alicyclic amines) is 1. The summed E-state index contributed by atoms with van der Waals surface area (Å²) in [6.07, 6.45) is 1.46. The second-order valence-electron chi connectivity index (χ2n) is 6.65. The van der Waals surface area contributed by atoms with Gasteiger partial charge in [-0.15, -0.1) is 0 Å². The summed E-state index contributed by atoms with van der Waals surface area (Å²) in [5.41, 5.74) is 9.61. The van der Waals surface area contributed by atoms with Crippen LogP contribution < -0.4 is 11.1 Å². The zero-order valence-electron chi connectivity index (χ0n) is 14.5. The summed E-state index contributed by atoms with van der Waals surface area (Å²) in [6, 6.07) is 3.93. The van der Waals surface area contributed by atoms with Crippen LogP contribution in [0.3, 0.4) is 0 Å². The molecule has 2 rings (SSSR count). The largest absolute Gasteiger partial charge is 0.369 e. The zero-order valence-corrected chi connectivity index (χ0v) is 14.5. The van der Waals surface area contributed by atoms with Crippen molar-refractivity contribution in [1.29, 1.82) is 0 Å². The first-order chi connectivity index (χ1) is 10.8. The number of primary amides is 1. The summed E-state index contributed by atoms with van der Waals surface area (Å²) in [7, 11) is 0. The Labute approximate surface area is 138 Å². The van der Waals surface area contributed by atoms with Crippen LogP contribution in [0.4, 0.5) is 5.69 Å². The van der Waals surface area contributed by atoms with Crippen LogP contribution in [0.5, 0.6) is 0 Å². The summed E-state index contributed by atoms with van der Waals surface area (Å²) in [5.74, 6) is -0.284. The summed E-state index contributed by atoms with van der Waals surface area (Å²) in [5, 5.41) is 3.06. The molecule has 1 heterocycles. The number of carbonyl (C=O) groups excluding carboxylic acids is 2. The molecule has 126 valence electrons. The van der Waals surface area contributed by atoms with Crippen molar-refractivity contribution in [2.75, 3.05) is 18.4 Å². The zero-order chi connectivity index (χ0) is 17.1. The smallest absolute Gasteiger partial charge is 0.241 e. The van der Waals surface area contributed by atoms with E-state index < -0.39 is 0 Å². The lowest BCUT2D eigenvalue weighted by molar-refractivity contribution is -0.124. The second-order valence-corrected chi connectivity index (χ2v) is 6.65. The molecule has 23 heavy (non-hydrogen) atoms. The number of hydrogen-bond acceptors (Lipinski definition) is 3. The Kier molecular flexibility index (Phi) is 5.42. The maximum atomic E-state index is 12.6. The number of nitrogens with two attached hydrogens (primary N) is 1. The molecule has 0 radical (unpaired) electrons. The van der Waals surface area contributed by atoms with Gasteiger partial charge in [0.15, 0.2) is 0 Å². The van der Waals surface area contributed by atoms with Gasteiger partial charge in [0, 0.05) is 11.6 Å². The molecule has 1 fully saturated rings. The Morgan fingerprint density at radius 3 is 2.17 bits per heavy atom. The van der Waals surface area contributed by atoms with Gasteiger partial charge < -0.3 is 11.1 Å². The number of carbonyl (C=O) groups is 2. The number of nitrogens with one attached hydrogen (secondary N) is 1. The van der Waals surface area contributed by atoms with Crippen LogP contribution in [0.25, 0.3) is 0 Å². The molecule has 0 spiro atoms. The quantitative estimate of drug-likeness (QED) is 0.893. The second kappa shape index (κ2) is 7.13. The van der Waals surface area contributed by atoms with Crippen LogP contribution in [-0.4, -0.2) is 35.8 Å². The maximum absolute atomic E-state index is 12.6. The van der Waals surface area contributed by atoms with Crippen molar-refractivity contribution < 1.29 is 9.59 Å². The van der Waals surface area contributed by atoms with E-state index in [0.717, 1.165) is 42.7 Å². The summed E-state index contributed by atoms with van der Waals surface area (Å²) < 4.78 is 0. The number of benzene rings is 1. The van der Waals surface area contributed by atoms with Crippen molar-refractivity contribution in [2.24, 2.45) is 11.7 Å². The molecule has 1 aliphatic heterocycles. The highest BCUT2D eigenvalue weighted by Crippen LogP contribution is 2.23. The highest BCUT2D eigenvalue weighted by molar-refractivity contribution is 5.96. The molecule has 3 N–H and O–H groups in total. The predicted molar refractivity (Wildman–Crippen MR) is 92.2 cm³/mol. The standard InChI is InChI=1S/C18H27N3O2/c1-11-9-12(2)16(13(3)10-11)20-18(23)14(4)21-7-5-15(6-8-21)17(19)22/h9-10,14-15H,5-8H2,1-4H3,(H2,19,22)(H,20,23). The van der Waals surface area contributed by atoms with Gasteiger partial charge in [0.1, 0.15) is 0 Å². The molecule has 1 aromatic carbocycles. The number of anilines is 1. The number of hydrogen-bond donors (Lipinski definition) is 2. The van der Waals surface area contributed by atoms with Crippen LogP contribution in [0.2, 0.25) is 0 Å². The van der Waals surface area contributed by atoms with E-state index in [1.54, 1.807) is 0 Å². The lowest BCUT2D eigenvalue weighted by atomic mass is 9.95. The first-order valence-corrected chi connectivity index (χ1v) is 8.21. The molecule has 1 saturated heterocycles. The van der Waals surface area contributed by atoms with E-state index in [1.165, 1.54) is 5.56 Å². The predicted octanol–water partition coefficient (Wildman–Crippen LogP) is 2.14.